The standard InChI is InChI=1S/C13H13F3N4/c14-13(15,16)11-2-1-9-7-12(18-8-10(9)19-11)20-5-3-17-4-6-20/h1-2,7-8,17H,3-6H2. The van der Waals surface area contributed by atoms with E-state index in [1.165, 1.54) is 12.3 Å². The van der Waals surface area contributed by atoms with E-state index in [-0.39, 0.29) is 5.52 Å². The zero-order valence-electron chi connectivity index (χ0n) is 10.6. The third kappa shape index (κ3) is 2.53. The van der Waals surface area contributed by atoms with E-state index in [1.54, 1.807) is 6.07 Å². The monoisotopic (exact) mass is 282 g/mol. The van der Waals surface area contributed by atoms with Crippen molar-refractivity contribution in [2.75, 3.05) is 31.1 Å². The van der Waals surface area contributed by atoms with Gasteiger partial charge in [0.1, 0.15) is 11.5 Å². The minimum absolute atomic E-state index is 0.263. The second kappa shape index (κ2) is 4.90. The number of rotatable bonds is 1. The van der Waals surface area contributed by atoms with Gasteiger partial charge in [-0.1, -0.05) is 6.07 Å². The van der Waals surface area contributed by atoms with Gasteiger partial charge in [-0.15, -0.1) is 0 Å². The SMILES string of the molecule is FC(F)(F)c1ccc2cc(N3CCNCC3)ncc2n1. The Hall–Kier alpha value is -1.89. The van der Waals surface area contributed by atoms with Crippen molar-refractivity contribution in [2.45, 2.75) is 6.18 Å². The molecule has 0 unspecified atom stereocenters. The van der Waals surface area contributed by atoms with Crippen molar-refractivity contribution in [1.29, 1.82) is 0 Å². The summed E-state index contributed by atoms with van der Waals surface area (Å²) in [7, 11) is 0. The molecule has 0 aromatic carbocycles. The number of hydrogen-bond acceptors (Lipinski definition) is 4. The van der Waals surface area contributed by atoms with Crippen LogP contribution in [0.4, 0.5) is 19.0 Å². The van der Waals surface area contributed by atoms with Crippen LogP contribution in [0.5, 0.6) is 0 Å². The molecular weight excluding hydrogens is 269 g/mol. The van der Waals surface area contributed by atoms with Crippen molar-refractivity contribution in [3.8, 4) is 0 Å². The Bertz CT molecular complexity index is 621. The minimum Gasteiger partial charge on any atom is -0.354 e. The van der Waals surface area contributed by atoms with Crippen LogP contribution >= 0.6 is 0 Å². The molecule has 3 heterocycles. The fraction of sp³-hybridized carbons (Fsp3) is 0.385. The lowest BCUT2D eigenvalue weighted by molar-refractivity contribution is -0.140. The van der Waals surface area contributed by atoms with E-state index in [0.29, 0.717) is 5.39 Å². The first-order chi connectivity index (χ1) is 9.54. The molecule has 1 fully saturated rings. The Labute approximate surface area is 113 Å². The Balaban J connectivity index is 1.96. The number of hydrogen-bond donors (Lipinski definition) is 1. The first-order valence-electron chi connectivity index (χ1n) is 6.34. The molecule has 1 N–H and O–H groups in total. The third-order valence-electron chi connectivity index (χ3n) is 3.29. The number of nitrogens with one attached hydrogen (secondary N) is 1. The van der Waals surface area contributed by atoms with Crippen LogP contribution in [0.25, 0.3) is 10.9 Å². The first-order valence-corrected chi connectivity index (χ1v) is 6.34. The van der Waals surface area contributed by atoms with Gasteiger partial charge in [0.2, 0.25) is 0 Å². The summed E-state index contributed by atoms with van der Waals surface area (Å²) in [5.74, 6) is 0.778. The summed E-state index contributed by atoms with van der Waals surface area (Å²) in [6, 6.07) is 4.23. The van der Waals surface area contributed by atoms with Gasteiger partial charge in [-0.05, 0) is 12.1 Å². The molecule has 1 aliphatic rings. The molecule has 20 heavy (non-hydrogen) atoms. The van der Waals surface area contributed by atoms with Gasteiger partial charge >= 0.3 is 6.18 Å². The Morgan fingerprint density at radius 2 is 1.90 bits per heavy atom. The number of aromatic nitrogens is 2. The predicted octanol–water partition coefficient (Wildman–Crippen LogP) is 2.06. The van der Waals surface area contributed by atoms with Crippen LogP contribution in [0.15, 0.2) is 24.4 Å². The molecule has 0 aliphatic carbocycles. The van der Waals surface area contributed by atoms with Crippen LogP contribution in [-0.2, 0) is 6.18 Å². The van der Waals surface area contributed by atoms with Crippen LogP contribution in [0.2, 0.25) is 0 Å². The van der Waals surface area contributed by atoms with Gasteiger partial charge in [0, 0.05) is 31.6 Å². The van der Waals surface area contributed by atoms with Gasteiger partial charge in [-0.3, -0.25) is 0 Å². The number of piperazine rings is 1. The molecule has 2 aromatic rings. The van der Waals surface area contributed by atoms with E-state index >= 15 is 0 Å². The normalized spacial score (nSPS) is 16.6. The quantitative estimate of drug-likeness (QED) is 0.869. The molecule has 2 aromatic heterocycles. The van der Waals surface area contributed by atoms with E-state index in [1.807, 2.05) is 0 Å². The molecule has 4 nitrogen and oxygen atoms in total. The molecule has 0 bridgehead atoms. The van der Waals surface area contributed by atoms with Crippen molar-refractivity contribution in [2.24, 2.45) is 0 Å². The second-order valence-corrected chi connectivity index (χ2v) is 4.67. The summed E-state index contributed by atoms with van der Waals surface area (Å²) in [5.41, 5.74) is -0.625. The zero-order valence-corrected chi connectivity index (χ0v) is 10.6. The highest BCUT2D eigenvalue weighted by molar-refractivity contribution is 5.80. The lowest BCUT2D eigenvalue weighted by Gasteiger charge is -2.28. The van der Waals surface area contributed by atoms with Gasteiger partial charge in [0.25, 0.3) is 0 Å². The van der Waals surface area contributed by atoms with E-state index in [4.69, 9.17) is 0 Å². The number of pyridine rings is 2. The highest BCUT2D eigenvalue weighted by Gasteiger charge is 2.32. The van der Waals surface area contributed by atoms with Gasteiger partial charge in [-0.25, -0.2) is 9.97 Å². The highest BCUT2D eigenvalue weighted by Crippen LogP contribution is 2.29. The van der Waals surface area contributed by atoms with E-state index in [0.717, 1.165) is 38.1 Å². The molecule has 1 aliphatic heterocycles. The summed E-state index contributed by atoms with van der Waals surface area (Å²) in [4.78, 5) is 9.94. The molecule has 0 radical (unpaired) electrons. The summed E-state index contributed by atoms with van der Waals surface area (Å²) in [5, 5.41) is 3.91. The van der Waals surface area contributed by atoms with E-state index < -0.39 is 11.9 Å². The molecule has 0 amide bonds. The van der Waals surface area contributed by atoms with E-state index in [9.17, 15) is 13.2 Å². The summed E-state index contributed by atoms with van der Waals surface area (Å²) in [6.45, 7) is 3.44. The second-order valence-electron chi connectivity index (χ2n) is 4.67. The summed E-state index contributed by atoms with van der Waals surface area (Å²) in [6.07, 6.45) is -3.02. The molecule has 106 valence electrons. The van der Waals surface area contributed by atoms with Gasteiger partial charge in [0.15, 0.2) is 0 Å². The average Bonchev–Trinajstić information content (AvgIpc) is 2.46. The fourth-order valence-electron chi connectivity index (χ4n) is 2.24. The number of halogens is 3. The Morgan fingerprint density at radius 3 is 2.60 bits per heavy atom. The Morgan fingerprint density at radius 1 is 1.15 bits per heavy atom. The molecule has 0 spiro atoms. The van der Waals surface area contributed by atoms with Crippen LogP contribution < -0.4 is 10.2 Å². The molecule has 3 rings (SSSR count). The number of nitrogens with zero attached hydrogens (tertiary/aromatic N) is 3. The lowest BCUT2D eigenvalue weighted by Crippen LogP contribution is -2.43. The summed E-state index contributed by atoms with van der Waals surface area (Å²) < 4.78 is 37.8. The lowest BCUT2D eigenvalue weighted by atomic mass is 10.2. The largest absolute Gasteiger partial charge is 0.433 e. The predicted molar refractivity (Wildman–Crippen MR) is 69.6 cm³/mol. The van der Waals surface area contributed by atoms with Gasteiger partial charge < -0.3 is 10.2 Å². The zero-order chi connectivity index (χ0) is 14.2. The van der Waals surface area contributed by atoms with Gasteiger partial charge in [0.05, 0.1) is 11.7 Å². The van der Waals surface area contributed by atoms with Crippen LogP contribution in [0.1, 0.15) is 5.69 Å². The molecule has 0 atom stereocenters. The first kappa shape index (κ1) is 13.1. The van der Waals surface area contributed by atoms with Crippen molar-refractivity contribution in [1.82, 2.24) is 15.3 Å². The van der Waals surface area contributed by atoms with Crippen molar-refractivity contribution in [3.63, 3.8) is 0 Å². The third-order valence-corrected chi connectivity index (χ3v) is 3.29. The molecule has 1 saturated heterocycles. The summed E-state index contributed by atoms with van der Waals surface area (Å²) >= 11 is 0. The molecule has 7 heteroatoms. The molecular formula is C13H13F3N4. The van der Waals surface area contributed by atoms with Crippen molar-refractivity contribution < 1.29 is 13.2 Å². The number of anilines is 1. The van der Waals surface area contributed by atoms with Crippen molar-refractivity contribution >= 4 is 16.7 Å². The van der Waals surface area contributed by atoms with Crippen LogP contribution in [0.3, 0.4) is 0 Å². The minimum atomic E-state index is -4.43. The average molecular weight is 282 g/mol. The van der Waals surface area contributed by atoms with Gasteiger partial charge in [-0.2, -0.15) is 13.2 Å². The maximum atomic E-state index is 12.6. The maximum Gasteiger partial charge on any atom is 0.433 e. The smallest absolute Gasteiger partial charge is 0.354 e. The topological polar surface area (TPSA) is 41.0 Å². The number of fused-ring (bicyclic) bond motifs is 1. The van der Waals surface area contributed by atoms with Crippen LogP contribution in [0, 0.1) is 0 Å². The van der Waals surface area contributed by atoms with Crippen LogP contribution in [-0.4, -0.2) is 36.1 Å². The maximum absolute atomic E-state index is 12.6. The number of alkyl halides is 3. The van der Waals surface area contributed by atoms with Crippen molar-refractivity contribution in [3.05, 3.63) is 30.1 Å². The molecule has 0 saturated carbocycles. The Kier molecular flexibility index (Phi) is 3.21. The van der Waals surface area contributed by atoms with E-state index in [2.05, 4.69) is 20.2 Å². The highest BCUT2D eigenvalue weighted by atomic mass is 19.4. The fourth-order valence-corrected chi connectivity index (χ4v) is 2.24.